The third-order valence-corrected chi connectivity index (χ3v) is 4.96. The number of hydrogen-bond donors (Lipinski definition) is 1. The number of amides is 1. The second kappa shape index (κ2) is 8.44. The van der Waals surface area contributed by atoms with Crippen LogP contribution in [-0.2, 0) is 17.9 Å². The first-order chi connectivity index (χ1) is 13.4. The molecule has 0 bridgehead atoms. The normalized spacial score (nSPS) is 12.1. The molecule has 1 aromatic heterocycles. The average molecular weight is 400 g/mol. The van der Waals surface area contributed by atoms with Crippen molar-refractivity contribution in [2.75, 3.05) is 0 Å². The Balaban J connectivity index is 2.07. The van der Waals surface area contributed by atoms with Crippen LogP contribution in [0.2, 0.25) is 5.02 Å². The van der Waals surface area contributed by atoms with E-state index in [0.717, 1.165) is 12.0 Å². The molecule has 2 aromatic carbocycles. The topological polar surface area (TPSA) is 73.1 Å². The van der Waals surface area contributed by atoms with Crippen molar-refractivity contribution < 1.29 is 4.79 Å². The van der Waals surface area contributed by atoms with Crippen LogP contribution in [0.1, 0.15) is 25.8 Å². The summed E-state index contributed by atoms with van der Waals surface area (Å²) >= 11 is 5.92. The summed E-state index contributed by atoms with van der Waals surface area (Å²) in [5, 5.41) is 3.43. The lowest BCUT2D eigenvalue weighted by molar-refractivity contribution is -0.122. The number of aromatic nitrogens is 2. The standard InChI is InChI=1S/C21H22ClN3O3/c1-3-14(2)23-19(26)13-25-18-7-5-4-6-17(18)24(20(27)21(25)28)12-15-8-10-16(22)11-9-15/h4-11,14H,3,12-13H2,1-2H3,(H,23,26). The number of para-hydroxylation sites is 2. The maximum absolute atomic E-state index is 12.8. The zero-order chi connectivity index (χ0) is 20.3. The number of nitrogens with zero attached hydrogens (tertiary/aromatic N) is 2. The minimum Gasteiger partial charge on any atom is -0.352 e. The number of fused-ring (bicyclic) bond motifs is 1. The highest BCUT2D eigenvalue weighted by Crippen LogP contribution is 2.14. The van der Waals surface area contributed by atoms with Crippen LogP contribution in [0, 0.1) is 0 Å². The Hall–Kier alpha value is -2.86. The molecule has 0 aliphatic heterocycles. The predicted octanol–water partition coefficient (Wildman–Crippen LogP) is 2.78. The van der Waals surface area contributed by atoms with Crippen LogP contribution in [-0.4, -0.2) is 21.1 Å². The third kappa shape index (κ3) is 4.17. The van der Waals surface area contributed by atoms with E-state index in [1.165, 1.54) is 9.13 Å². The molecular formula is C21H22ClN3O3. The van der Waals surface area contributed by atoms with Crippen molar-refractivity contribution in [3.63, 3.8) is 0 Å². The summed E-state index contributed by atoms with van der Waals surface area (Å²) in [5.41, 5.74) is 0.610. The molecule has 28 heavy (non-hydrogen) atoms. The lowest BCUT2D eigenvalue weighted by Gasteiger charge is -2.16. The zero-order valence-electron chi connectivity index (χ0n) is 15.8. The molecule has 1 N–H and O–H groups in total. The molecule has 0 saturated carbocycles. The fraction of sp³-hybridized carbons (Fsp3) is 0.286. The highest BCUT2D eigenvalue weighted by Gasteiger charge is 2.16. The molecule has 0 radical (unpaired) electrons. The molecule has 0 aliphatic carbocycles. The second-order valence-electron chi connectivity index (χ2n) is 6.77. The highest BCUT2D eigenvalue weighted by molar-refractivity contribution is 6.30. The molecule has 3 aromatic rings. The largest absolute Gasteiger partial charge is 0.352 e. The molecule has 0 saturated heterocycles. The fourth-order valence-electron chi connectivity index (χ4n) is 3.02. The number of carbonyl (C=O) groups excluding carboxylic acids is 1. The maximum Gasteiger partial charge on any atom is 0.317 e. The van der Waals surface area contributed by atoms with Crippen molar-refractivity contribution >= 4 is 28.5 Å². The van der Waals surface area contributed by atoms with Crippen LogP contribution < -0.4 is 16.4 Å². The van der Waals surface area contributed by atoms with E-state index in [9.17, 15) is 14.4 Å². The Morgan fingerprint density at radius 2 is 1.57 bits per heavy atom. The van der Waals surface area contributed by atoms with Gasteiger partial charge in [-0.05, 0) is 43.2 Å². The van der Waals surface area contributed by atoms with Gasteiger partial charge in [0.1, 0.15) is 6.54 Å². The summed E-state index contributed by atoms with van der Waals surface area (Å²) < 4.78 is 2.68. The van der Waals surface area contributed by atoms with E-state index in [-0.39, 0.29) is 25.0 Å². The van der Waals surface area contributed by atoms with Gasteiger partial charge < -0.3 is 5.32 Å². The maximum atomic E-state index is 12.8. The number of halogens is 1. The molecule has 6 nitrogen and oxygen atoms in total. The van der Waals surface area contributed by atoms with E-state index < -0.39 is 11.1 Å². The summed E-state index contributed by atoms with van der Waals surface area (Å²) in [6.07, 6.45) is 0.782. The van der Waals surface area contributed by atoms with Crippen LogP contribution >= 0.6 is 11.6 Å². The fourth-order valence-corrected chi connectivity index (χ4v) is 3.15. The number of hydrogen-bond acceptors (Lipinski definition) is 3. The molecule has 7 heteroatoms. The van der Waals surface area contributed by atoms with Gasteiger partial charge in [-0.25, -0.2) is 0 Å². The number of carbonyl (C=O) groups is 1. The van der Waals surface area contributed by atoms with E-state index in [4.69, 9.17) is 11.6 Å². The molecule has 0 spiro atoms. The van der Waals surface area contributed by atoms with E-state index in [2.05, 4.69) is 5.32 Å². The molecule has 1 heterocycles. The van der Waals surface area contributed by atoms with E-state index >= 15 is 0 Å². The molecular weight excluding hydrogens is 378 g/mol. The minimum absolute atomic E-state index is 0.000240. The van der Waals surface area contributed by atoms with Crippen LogP contribution in [0.4, 0.5) is 0 Å². The SMILES string of the molecule is CCC(C)NC(=O)Cn1c(=O)c(=O)n(Cc2ccc(Cl)cc2)c2ccccc21. The molecule has 0 fully saturated rings. The summed E-state index contributed by atoms with van der Waals surface area (Å²) in [6.45, 7) is 3.90. The first-order valence-electron chi connectivity index (χ1n) is 9.17. The highest BCUT2D eigenvalue weighted by atomic mass is 35.5. The van der Waals surface area contributed by atoms with Gasteiger partial charge in [0, 0.05) is 11.1 Å². The monoisotopic (exact) mass is 399 g/mol. The number of rotatable bonds is 6. The Morgan fingerprint density at radius 3 is 2.18 bits per heavy atom. The predicted molar refractivity (Wildman–Crippen MR) is 111 cm³/mol. The van der Waals surface area contributed by atoms with E-state index in [0.29, 0.717) is 16.1 Å². The molecule has 1 atom stereocenters. The third-order valence-electron chi connectivity index (χ3n) is 4.71. The Kier molecular flexibility index (Phi) is 5.99. The van der Waals surface area contributed by atoms with Crippen molar-refractivity contribution in [3.8, 4) is 0 Å². The lowest BCUT2D eigenvalue weighted by atomic mass is 10.2. The van der Waals surface area contributed by atoms with Crippen LogP contribution in [0.25, 0.3) is 11.0 Å². The quantitative estimate of drug-likeness (QED) is 0.648. The van der Waals surface area contributed by atoms with Crippen LogP contribution in [0.15, 0.2) is 58.1 Å². The Morgan fingerprint density at radius 1 is 1.00 bits per heavy atom. The summed E-state index contributed by atoms with van der Waals surface area (Å²) in [4.78, 5) is 37.9. The van der Waals surface area contributed by atoms with Crippen molar-refractivity contribution in [1.82, 2.24) is 14.5 Å². The van der Waals surface area contributed by atoms with Gasteiger partial charge in [0.2, 0.25) is 5.91 Å². The van der Waals surface area contributed by atoms with Crippen LogP contribution in [0.5, 0.6) is 0 Å². The van der Waals surface area contributed by atoms with E-state index in [1.54, 1.807) is 36.4 Å². The molecule has 1 amide bonds. The van der Waals surface area contributed by atoms with Gasteiger partial charge in [-0.3, -0.25) is 23.5 Å². The van der Waals surface area contributed by atoms with Gasteiger partial charge >= 0.3 is 11.1 Å². The van der Waals surface area contributed by atoms with Crippen molar-refractivity contribution in [2.45, 2.75) is 39.4 Å². The summed E-state index contributed by atoms with van der Waals surface area (Å²) in [7, 11) is 0. The Labute approximate surface area is 167 Å². The average Bonchev–Trinajstić information content (AvgIpc) is 2.69. The van der Waals surface area contributed by atoms with Gasteiger partial charge in [-0.15, -0.1) is 0 Å². The Bertz CT molecular complexity index is 1120. The zero-order valence-corrected chi connectivity index (χ0v) is 16.6. The van der Waals surface area contributed by atoms with Gasteiger partial charge in [-0.1, -0.05) is 42.8 Å². The number of nitrogens with one attached hydrogen (secondary N) is 1. The summed E-state index contributed by atoms with van der Waals surface area (Å²) in [6, 6.07) is 14.2. The molecule has 3 rings (SSSR count). The van der Waals surface area contributed by atoms with Crippen molar-refractivity contribution in [1.29, 1.82) is 0 Å². The molecule has 0 aliphatic rings. The smallest absolute Gasteiger partial charge is 0.317 e. The van der Waals surface area contributed by atoms with Gasteiger partial charge in [0.15, 0.2) is 0 Å². The second-order valence-corrected chi connectivity index (χ2v) is 7.21. The van der Waals surface area contributed by atoms with Crippen molar-refractivity contribution in [2.24, 2.45) is 0 Å². The number of benzene rings is 2. The van der Waals surface area contributed by atoms with Gasteiger partial charge in [0.05, 0.1) is 17.6 Å². The molecule has 1 unspecified atom stereocenters. The molecule has 146 valence electrons. The minimum atomic E-state index is -0.716. The van der Waals surface area contributed by atoms with E-state index in [1.807, 2.05) is 26.0 Å². The van der Waals surface area contributed by atoms with Gasteiger partial charge in [0.25, 0.3) is 0 Å². The first kappa shape index (κ1) is 19.9. The lowest BCUT2D eigenvalue weighted by Crippen LogP contribution is -2.45. The van der Waals surface area contributed by atoms with Gasteiger partial charge in [-0.2, -0.15) is 0 Å². The van der Waals surface area contributed by atoms with Crippen LogP contribution in [0.3, 0.4) is 0 Å². The first-order valence-corrected chi connectivity index (χ1v) is 9.54. The van der Waals surface area contributed by atoms with Crippen molar-refractivity contribution in [3.05, 3.63) is 79.8 Å². The summed E-state index contributed by atoms with van der Waals surface area (Å²) in [5.74, 6) is -0.295.